The summed E-state index contributed by atoms with van der Waals surface area (Å²) in [6.45, 7) is 7.51. The summed E-state index contributed by atoms with van der Waals surface area (Å²) in [5.74, 6) is 1.57. The Morgan fingerprint density at radius 2 is 1.86 bits per heavy atom. The van der Waals surface area contributed by atoms with Crippen molar-refractivity contribution in [1.82, 2.24) is 20.4 Å². The zero-order valence-corrected chi connectivity index (χ0v) is 18.5. The van der Waals surface area contributed by atoms with Crippen molar-refractivity contribution >= 4 is 11.9 Å². The average Bonchev–Trinajstić information content (AvgIpc) is 2.73. The maximum Gasteiger partial charge on any atom is 0.243 e. The Hall–Kier alpha value is -2.08. The third-order valence-electron chi connectivity index (χ3n) is 5.48. The zero-order chi connectivity index (χ0) is 20.9. The number of likely N-dealkylation sites (tertiary alicyclic amines) is 1. The number of guanidine groups is 1. The van der Waals surface area contributed by atoms with Crippen LogP contribution in [0.15, 0.2) is 35.3 Å². The summed E-state index contributed by atoms with van der Waals surface area (Å²) in [4.78, 5) is 20.2. The van der Waals surface area contributed by atoms with Crippen molar-refractivity contribution in [3.8, 4) is 0 Å². The number of unbranched alkanes of at least 4 members (excludes halogenated alkanes) is 1. The van der Waals surface area contributed by atoms with Crippen LogP contribution in [0.3, 0.4) is 0 Å². The molecule has 1 amide bonds. The quantitative estimate of drug-likeness (QED) is 0.359. The molecule has 1 aromatic carbocycles. The van der Waals surface area contributed by atoms with E-state index in [1.54, 1.807) is 19.0 Å². The molecule has 0 saturated carbocycles. The Morgan fingerprint density at radius 3 is 2.52 bits per heavy atom. The molecule has 0 unspecified atom stereocenters. The molecule has 1 aliphatic rings. The Bertz CT molecular complexity index is 609. The van der Waals surface area contributed by atoms with Gasteiger partial charge in [0, 0.05) is 27.2 Å². The molecule has 162 valence electrons. The molecule has 1 fully saturated rings. The fourth-order valence-electron chi connectivity index (χ4n) is 3.66. The number of hydrogen-bond acceptors (Lipinski definition) is 3. The third kappa shape index (κ3) is 9.31. The molecular weight excluding hydrogens is 362 g/mol. The van der Waals surface area contributed by atoms with E-state index < -0.39 is 0 Å². The Morgan fingerprint density at radius 1 is 1.14 bits per heavy atom. The normalized spacial score (nSPS) is 15.9. The minimum Gasteiger partial charge on any atom is -0.357 e. The lowest BCUT2D eigenvalue weighted by Gasteiger charge is -2.32. The number of hydrogen-bond donors (Lipinski definition) is 2. The molecule has 1 aromatic rings. The number of likely N-dealkylation sites (N-methyl/N-ethyl adjacent to an activating group) is 1. The first kappa shape index (κ1) is 23.2. The standard InChI is InChI=1S/C23H39N5O/c1-4-24-23(26-19-22(29)27(2)3)25-14-8-9-15-28-16-12-21(13-17-28)18-20-10-6-5-7-11-20/h5-7,10-11,21H,4,8-9,12-19H2,1-3H3,(H2,24,25,26). The van der Waals surface area contributed by atoms with Crippen LogP contribution < -0.4 is 10.6 Å². The number of piperidine rings is 1. The Kier molecular flexibility index (Phi) is 10.6. The predicted octanol–water partition coefficient (Wildman–Crippen LogP) is 2.36. The lowest BCUT2D eigenvalue weighted by Crippen LogP contribution is -2.39. The van der Waals surface area contributed by atoms with Crippen molar-refractivity contribution in [2.45, 2.75) is 39.0 Å². The van der Waals surface area contributed by atoms with Gasteiger partial charge in [-0.25, -0.2) is 4.99 Å². The minimum atomic E-state index is 0.0119. The minimum absolute atomic E-state index is 0.0119. The highest BCUT2D eigenvalue weighted by Crippen LogP contribution is 2.21. The summed E-state index contributed by atoms with van der Waals surface area (Å²) >= 11 is 0. The number of nitrogens with one attached hydrogen (secondary N) is 2. The molecule has 0 spiro atoms. The SMILES string of the molecule is CCNC(=NCC(=O)N(C)C)NCCCCN1CCC(Cc2ccccc2)CC1. The maximum absolute atomic E-state index is 11.7. The van der Waals surface area contributed by atoms with Gasteiger partial charge in [0.1, 0.15) is 6.54 Å². The van der Waals surface area contributed by atoms with Crippen LogP contribution in [0.2, 0.25) is 0 Å². The molecule has 1 saturated heterocycles. The molecule has 0 aliphatic carbocycles. The molecule has 2 rings (SSSR count). The van der Waals surface area contributed by atoms with Gasteiger partial charge in [0.15, 0.2) is 5.96 Å². The predicted molar refractivity (Wildman–Crippen MR) is 121 cm³/mol. The topological polar surface area (TPSA) is 60.0 Å². The molecular formula is C23H39N5O. The molecule has 1 aliphatic heterocycles. The third-order valence-corrected chi connectivity index (χ3v) is 5.48. The summed E-state index contributed by atoms with van der Waals surface area (Å²) < 4.78 is 0. The zero-order valence-electron chi connectivity index (χ0n) is 18.5. The molecule has 0 radical (unpaired) electrons. The van der Waals surface area contributed by atoms with Gasteiger partial charge in [0.05, 0.1) is 0 Å². The van der Waals surface area contributed by atoms with Crippen molar-refractivity contribution < 1.29 is 4.79 Å². The molecule has 0 aromatic heterocycles. The van der Waals surface area contributed by atoms with Crippen molar-refractivity contribution in [2.24, 2.45) is 10.9 Å². The van der Waals surface area contributed by atoms with E-state index in [9.17, 15) is 4.79 Å². The van der Waals surface area contributed by atoms with Crippen LogP contribution in [0.4, 0.5) is 0 Å². The number of aliphatic imine (C=N–C) groups is 1. The monoisotopic (exact) mass is 401 g/mol. The largest absolute Gasteiger partial charge is 0.357 e. The van der Waals surface area contributed by atoms with Crippen molar-refractivity contribution in [3.63, 3.8) is 0 Å². The fraction of sp³-hybridized carbons (Fsp3) is 0.652. The summed E-state index contributed by atoms with van der Waals surface area (Å²) in [6.07, 6.45) is 6.14. The van der Waals surface area contributed by atoms with Crippen LogP contribution in [0.1, 0.15) is 38.2 Å². The highest BCUT2D eigenvalue weighted by Gasteiger charge is 2.18. The van der Waals surface area contributed by atoms with Gasteiger partial charge in [-0.2, -0.15) is 0 Å². The number of rotatable bonds is 10. The second-order valence-corrected chi connectivity index (χ2v) is 8.09. The van der Waals surface area contributed by atoms with Gasteiger partial charge >= 0.3 is 0 Å². The van der Waals surface area contributed by atoms with E-state index in [0.29, 0.717) is 0 Å². The van der Waals surface area contributed by atoms with E-state index in [4.69, 9.17) is 0 Å². The van der Waals surface area contributed by atoms with Gasteiger partial charge in [-0.3, -0.25) is 4.79 Å². The smallest absolute Gasteiger partial charge is 0.243 e. The van der Waals surface area contributed by atoms with Crippen LogP contribution in [0.5, 0.6) is 0 Å². The molecule has 29 heavy (non-hydrogen) atoms. The average molecular weight is 402 g/mol. The number of carbonyl (C=O) groups is 1. The van der Waals surface area contributed by atoms with E-state index in [0.717, 1.165) is 31.4 Å². The molecule has 1 heterocycles. The molecule has 6 nitrogen and oxygen atoms in total. The van der Waals surface area contributed by atoms with Gasteiger partial charge in [0.25, 0.3) is 0 Å². The summed E-state index contributed by atoms with van der Waals surface area (Å²) in [6, 6.07) is 10.9. The lowest BCUT2D eigenvalue weighted by molar-refractivity contribution is -0.127. The molecule has 0 atom stereocenters. The van der Waals surface area contributed by atoms with Gasteiger partial charge in [-0.15, -0.1) is 0 Å². The molecule has 2 N–H and O–H groups in total. The Balaban J connectivity index is 1.58. The van der Waals surface area contributed by atoms with Crippen LogP contribution >= 0.6 is 0 Å². The summed E-state index contributed by atoms with van der Waals surface area (Å²) in [7, 11) is 3.51. The molecule has 0 bridgehead atoms. The lowest BCUT2D eigenvalue weighted by atomic mass is 9.90. The second-order valence-electron chi connectivity index (χ2n) is 8.09. The summed E-state index contributed by atoms with van der Waals surface area (Å²) in [5, 5.41) is 6.54. The van der Waals surface area contributed by atoms with Gasteiger partial charge in [0.2, 0.25) is 5.91 Å². The van der Waals surface area contributed by atoms with Crippen molar-refractivity contribution in [2.75, 3.05) is 53.4 Å². The first-order chi connectivity index (χ1) is 14.1. The first-order valence-corrected chi connectivity index (χ1v) is 11.1. The fourth-order valence-corrected chi connectivity index (χ4v) is 3.66. The number of benzene rings is 1. The van der Waals surface area contributed by atoms with Crippen LogP contribution in [-0.2, 0) is 11.2 Å². The van der Waals surface area contributed by atoms with Crippen LogP contribution in [-0.4, -0.2) is 75.0 Å². The van der Waals surface area contributed by atoms with Crippen LogP contribution in [0, 0.1) is 5.92 Å². The second kappa shape index (κ2) is 13.2. The highest BCUT2D eigenvalue weighted by atomic mass is 16.2. The van der Waals surface area contributed by atoms with Crippen molar-refractivity contribution in [3.05, 3.63) is 35.9 Å². The molecule has 6 heteroatoms. The van der Waals surface area contributed by atoms with Crippen LogP contribution in [0.25, 0.3) is 0 Å². The van der Waals surface area contributed by atoms with Crippen molar-refractivity contribution in [1.29, 1.82) is 0 Å². The summed E-state index contributed by atoms with van der Waals surface area (Å²) in [5.41, 5.74) is 1.47. The van der Waals surface area contributed by atoms with E-state index in [2.05, 4.69) is 50.9 Å². The van der Waals surface area contributed by atoms with E-state index >= 15 is 0 Å². The maximum atomic E-state index is 11.7. The highest BCUT2D eigenvalue weighted by molar-refractivity contribution is 5.84. The van der Waals surface area contributed by atoms with Gasteiger partial charge < -0.3 is 20.4 Å². The first-order valence-electron chi connectivity index (χ1n) is 11.1. The van der Waals surface area contributed by atoms with Gasteiger partial charge in [-0.1, -0.05) is 30.3 Å². The van der Waals surface area contributed by atoms with E-state index in [1.165, 1.54) is 50.9 Å². The number of nitrogens with zero attached hydrogens (tertiary/aromatic N) is 3. The number of amides is 1. The number of carbonyl (C=O) groups excluding carboxylic acids is 1. The van der Waals surface area contributed by atoms with Gasteiger partial charge in [-0.05, 0) is 70.1 Å². The van der Waals surface area contributed by atoms with E-state index in [1.807, 2.05) is 6.92 Å². The van der Waals surface area contributed by atoms with E-state index in [-0.39, 0.29) is 12.5 Å². The Labute approximate surface area is 176 Å².